The van der Waals surface area contributed by atoms with E-state index >= 15 is 0 Å². The number of benzene rings is 3. The summed E-state index contributed by atoms with van der Waals surface area (Å²) in [6, 6.07) is 20.3. The number of sulfonamides is 1. The average molecular weight is 456 g/mol. The van der Waals surface area contributed by atoms with Crippen molar-refractivity contribution in [2.24, 2.45) is 5.10 Å². The summed E-state index contributed by atoms with van der Waals surface area (Å²) < 4.78 is 27.6. The lowest BCUT2D eigenvalue weighted by atomic mass is 10.2. The first-order valence-corrected chi connectivity index (χ1v) is 11.3. The van der Waals surface area contributed by atoms with Gasteiger partial charge in [0.15, 0.2) is 0 Å². The molecule has 0 aliphatic rings. The van der Waals surface area contributed by atoms with Crippen LogP contribution in [-0.4, -0.2) is 27.1 Å². The van der Waals surface area contributed by atoms with Crippen LogP contribution in [0.1, 0.15) is 16.7 Å². The summed E-state index contributed by atoms with van der Waals surface area (Å²) in [7, 11) is -3.95. The SMILES string of the molecule is Cc1ccc(N(CC(=O)N/N=C\c2ccc(Cl)cc2)S(=O)(=O)c2ccc(C)cc2)cc1. The Morgan fingerprint density at radius 2 is 1.48 bits per heavy atom. The third-order valence-corrected chi connectivity index (χ3v) is 6.53. The molecule has 0 heterocycles. The summed E-state index contributed by atoms with van der Waals surface area (Å²) in [6.07, 6.45) is 1.46. The molecule has 3 aromatic carbocycles. The van der Waals surface area contributed by atoms with E-state index in [0.717, 1.165) is 21.0 Å². The number of carbonyl (C=O) groups is 1. The second-order valence-electron chi connectivity index (χ2n) is 7.01. The van der Waals surface area contributed by atoms with Gasteiger partial charge >= 0.3 is 0 Å². The minimum absolute atomic E-state index is 0.108. The van der Waals surface area contributed by atoms with Gasteiger partial charge in [-0.15, -0.1) is 0 Å². The molecule has 0 spiro atoms. The van der Waals surface area contributed by atoms with Gasteiger partial charge in [-0.05, 0) is 55.8 Å². The summed E-state index contributed by atoms with van der Waals surface area (Å²) in [4.78, 5) is 12.6. The first-order chi connectivity index (χ1) is 14.8. The van der Waals surface area contributed by atoms with Gasteiger partial charge in [0.2, 0.25) is 0 Å². The second-order valence-corrected chi connectivity index (χ2v) is 9.30. The molecule has 6 nitrogen and oxygen atoms in total. The van der Waals surface area contributed by atoms with Gasteiger partial charge in [-0.2, -0.15) is 5.10 Å². The van der Waals surface area contributed by atoms with Crippen molar-refractivity contribution in [1.82, 2.24) is 5.43 Å². The molecule has 0 aliphatic carbocycles. The number of hydrogen-bond acceptors (Lipinski definition) is 4. The van der Waals surface area contributed by atoms with Crippen molar-refractivity contribution in [3.8, 4) is 0 Å². The van der Waals surface area contributed by atoms with Crippen LogP contribution in [0.2, 0.25) is 5.02 Å². The lowest BCUT2D eigenvalue weighted by Gasteiger charge is -2.24. The topological polar surface area (TPSA) is 78.8 Å². The van der Waals surface area contributed by atoms with Crippen LogP contribution in [0.15, 0.2) is 82.8 Å². The molecule has 0 fully saturated rings. The third kappa shape index (κ3) is 5.93. The van der Waals surface area contributed by atoms with Crippen LogP contribution in [0.5, 0.6) is 0 Å². The highest BCUT2D eigenvalue weighted by Crippen LogP contribution is 2.24. The van der Waals surface area contributed by atoms with Gasteiger partial charge in [0, 0.05) is 5.02 Å². The Morgan fingerprint density at radius 3 is 2.06 bits per heavy atom. The Morgan fingerprint density at radius 1 is 0.935 bits per heavy atom. The van der Waals surface area contributed by atoms with Gasteiger partial charge in [0.05, 0.1) is 16.8 Å². The number of hydrazone groups is 1. The maximum Gasteiger partial charge on any atom is 0.264 e. The van der Waals surface area contributed by atoms with Gasteiger partial charge in [-0.25, -0.2) is 13.8 Å². The lowest BCUT2D eigenvalue weighted by Crippen LogP contribution is -2.39. The highest BCUT2D eigenvalue weighted by Gasteiger charge is 2.27. The second kappa shape index (κ2) is 9.76. The van der Waals surface area contributed by atoms with Gasteiger partial charge < -0.3 is 0 Å². The van der Waals surface area contributed by atoms with Gasteiger partial charge in [-0.1, -0.05) is 59.1 Å². The quantitative estimate of drug-likeness (QED) is 0.426. The normalized spacial score (nSPS) is 11.5. The van der Waals surface area contributed by atoms with Gasteiger partial charge in [0.1, 0.15) is 6.54 Å². The van der Waals surface area contributed by atoms with Crippen LogP contribution >= 0.6 is 11.6 Å². The number of rotatable bonds is 7. The highest BCUT2D eigenvalue weighted by atomic mass is 35.5. The zero-order chi connectivity index (χ0) is 22.4. The summed E-state index contributed by atoms with van der Waals surface area (Å²) in [5.41, 5.74) is 5.44. The summed E-state index contributed by atoms with van der Waals surface area (Å²) in [5, 5.41) is 4.50. The smallest absolute Gasteiger partial charge is 0.264 e. The fraction of sp³-hybridized carbons (Fsp3) is 0.130. The Balaban J connectivity index is 1.82. The molecule has 3 rings (SSSR count). The van der Waals surface area contributed by atoms with Crippen molar-refractivity contribution in [1.29, 1.82) is 0 Å². The molecule has 0 atom stereocenters. The number of aryl methyl sites for hydroxylation is 2. The Labute approximate surface area is 187 Å². The van der Waals surface area contributed by atoms with Crippen LogP contribution in [0, 0.1) is 13.8 Å². The van der Waals surface area contributed by atoms with Crippen LogP contribution < -0.4 is 9.73 Å². The Hall–Kier alpha value is -3.16. The molecule has 160 valence electrons. The van der Waals surface area contributed by atoms with E-state index < -0.39 is 22.5 Å². The molecular weight excluding hydrogens is 434 g/mol. The zero-order valence-corrected chi connectivity index (χ0v) is 18.7. The molecule has 0 saturated heterocycles. The third-order valence-electron chi connectivity index (χ3n) is 4.49. The van der Waals surface area contributed by atoms with Crippen molar-refractivity contribution in [3.63, 3.8) is 0 Å². The van der Waals surface area contributed by atoms with Crippen LogP contribution in [0.25, 0.3) is 0 Å². The molecule has 8 heteroatoms. The number of carbonyl (C=O) groups excluding carboxylic acids is 1. The molecule has 0 radical (unpaired) electrons. The molecule has 0 unspecified atom stereocenters. The van der Waals surface area contributed by atoms with E-state index in [1.165, 1.54) is 18.3 Å². The minimum atomic E-state index is -3.95. The molecule has 0 aromatic heterocycles. The van der Waals surface area contributed by atoms with Crippen molar-refractivity contribution in [2.45, 2.75) is 18.7 Å². The number of hydrogen-bond donors (Lipinski definition) is 1. The fourth-order valence-electron chi connectivity index (χ4n) is 2.76. The first-order valence-electron chi connectivity index (χ1n) is 9.49. The molecular formula is C23H22ClN3O3S. The summed E-state index contributed by atoms with van der Waals surface area (Å²) in [5.74, 6) is -0.568. The van der Waals surface area contributed by atoms with Gasteiger partial charge in [0.25, 0.3) is 15.9 Å². The molecule has 31 heavy (non-hydrogen) atoms. The van der Waals surface area contributed by atoms with E-state index in [-0.39, 0.29) is 4.90 Å². The predicted molar refractivity (Wildman–Crippen MR) is 124 cm³/mol. The predicted octanol–water partition coefficient (Wildman–Crippen LogP) is 4.30. The standard InChI is InChI=1S/C23H22ClN3O3S/c1-17-3-11-21(12-4-17)27(31(29,30)22-13-5-18(2)6-14-22)16-23(28)26-25-15-19-7-9-20(24)10-8-19/h3-15H,16H2,1-2H3,(H,26,28)/b25-15-. The number of halogens is 1. The molecule has 1 N–H and O–H groups in total. The fourth-order valence-corrected chi connectivity index (χ4v) is 4.30. The van der Waals surface area contributed by atoms with E-state index in [0.29, 0.717) is 10.7 Å². The molecule has 0 aliphatic heterocycles. The van der Waals surface area contributed by atoms with E-state index in [4.69, 9.17) is 11.6 Å². The van der Waals surface area contributed by atoms with E-state index in [1.54, 1.807) is 60.7 Å². The van der Waals surface area contributed by atoms with E-state index in [1.807, 2.05) is 13.8 Å². The zero-order valence-electron chi connectivity index (χ0n) is 17.1. The number of nitrogens with one attached hydrogen (secondary N) is 1. The van der Waals surface area contributed by atoms with Crippen molar-refractivity contribution in [2.75, 3.05) is 10.8 Å². The molecule has 3 aromatic rings. The molecule has 0 bridgehead atoms. The van der Waals surface area contributed by atoms with Crippen LogP contribution in [0.3, 0.4) is 0 Å². The summed E-state index contributed by atoms with van der Waals surface area (Å²) >= 11 is 5.85. The van der Waals surface area contributed by atoms with Crippen molar-refractivity contribution >= 4 is 39.4 Å². The maximum atomic E-state index is 13.3. The van der Waals surface area contributed by atoms with Crippen molar-refractivity contribution < 1.29 is 13.2 Å². The maximum absolute atomic E-state index is 13.3. The molecule has 1 amide bonds. The number of nitrogens with zero attached hydrogens (tertiary/aromatic N) is 2. The van der Waals surface area contributed by atoms with Gasteiger partial charge in [-0.3, -0.25) is 9.10 Å². The average Bonchev–Trinajstić information content (AvgIpc) is 2.74. The van der Waals surface area contributed by atoms with Crippen LogP contribution in [-0.2, 0) is 14.8 Å². The van der Waals surface area contributed by atoms with E-state index in [9.17, 15) is 13.2 Å². The minimum Gasteiger partial charge on any atom is -0.271 e. The lowest BCUT2D eigenvalue weighted by molar-refractivity contribution is -0.119. The van der Waals surface area contributed by atoms with Crippen molar-refractivity contribution in [3.05, 3.63) is 94.5 Å². The summed E-state index contributed by atoms with van der Waals surface area (Å²) in [6.45, 7) is 3.36. The van der Waals surface area contributed by atoms with Crippen LogP contribution in [0.4, 0.5) is 5.69 Å². The molecule has 0 saturated carbocycles. The Bertz CT molecular complexity index is 1170. The monoisotopic (exact) mass is 455 g/mol. The number of anilines is 1. The van der Waals surface area contributed by atoms with E-state index in [2.05, 4.69) is 10.5 Å². The largest absolute Gasteiger partial charge is 0.271 e. The Kier molecular flexibility index (Phi) is 7.09. The highest BCUT2D eigenvalue weighted by molar-refractivity contribution is 7.92. The first kappa shape index (κ1) is 22.5. The number of amides is 1.